The van der Waals surface area contributed by atoms with Crippen LogP contribution in [0.25, 0.3) is 0 Å². The molecule has 2 aromatic carbocycles. The van der Waals surface area contributed by atoms with E-state index in [4.69, 9.17) is 9.47 Å². The summed E-state index contributed by atoms with van der Waals surface area (Å²) in [6, 6.07) is 14.4. The number of anilines is 2. The van der Waals surface area contributed by atoms with Crippen LogP contribution in [0.1, 0.15) is 26.3 Å². The van der Waals surface area contributed by atoms with Gasteiger partial charge in [-0.1, -0.05) is 12.1 Å². The van der Waals surface area contributed by atoms with E-state index >= 15 is 0 Å². The molecule has 0 fully saturated rings. The summed E-state index contributed by atoms with van der Waals surface area (Å²) in [6.45, 7) is 0. The lowest BCUT2D eigenvalue weighted by atomic mass is 10.0. The molecule has 28 heavy (non-hydrogen) atoms. The van der Waals surface area contributed by atoms with E-state index in [0.717, 1.165) is 0 Å². The molecule has 0 saturated heterocycles. The zero-order chi connectivity index (χ0) is 20.1. The molecule has 0 amide bonds. The summed E-state index contributed by atoms with van der Waals surface area (Å²) in [7, 11) is 2.74. The smallest absolute Gasteiger partial charge is 0.341 e. The minimum absolute atomic E-state index is 0.104. The summed E-state index contributed by atoms with van der Waals surface area (Å²) in [4.78, 5) is 28.8. The van der Waals surface area contributed by atoms with Gasteiger partial charge >= 0.3 is 5.97 Å². The van der Waals surface area contributed by atoms with Gasteiger partial charge in [0.1, 0.15) is 22.9 Å². The Morgan fingerprint density at radius 1 is 0.964 bits per heavy atom. The van der Waals surface area contributed by atoms with Crippen molar-refractivity contribution in [1.29, 1.82) is 0 Å². The third kappa shape index (κ3) is 3.78. The Balaban J connectivity index is 1.94. The maximum Gasteiger partial charge on any atom is 0.341 e. The van der Waals surface area contributed by atoms with E-state index in [1.54, 1.807) is 54.7 Å². The number of hydrogen-bond donors (Lipinski definition) is 2. The SMILES string of the molecule is COC(=O)c1cccnc1Nc1ccc(C(=O)c2ccccc2O)c(OC)c1. The molecule has 142 valence electrons. The number of nitrogens with zero attached hydrogens (tertiary/aromatic N) is 1. The highest BCUT2D eigenvalue weighted by Gasteiger charge is 2.19. The predicted molar refractivity (Wildman–Crippen MR) is 103 cm³/mol. The number of esters is 1. The molecule has 0 bridgehead atoms. The number of benzene rings is 2. The van der Waals surface area contributed by atoms with Crippen LogP contribution in [0.4, 0.5) is 11.5 Å². The van der Waals surface area contributed by atoms with Crippen LogP contribution in [-0.2, 0) is 4.74 Å². The van der Waals surface area contributed by atoms with Gasteiger partial charge in [0.15, 0.2) is 5.78 Å². The summed E-state index contributed by atoms with van der Waals surface area (Å²) >= 11 is 0. The third-order valence-electron chi connectivity index (χ3n) is 4.07. The van der Waals surface area contributed by atoms with Crippen LogP contribution in [0.3, 0.4) is 0 Å². The zero-order valence-corrected chi connectivity index (χ0v) is 15.3. The number of pyridine rings is 1. The van der Waals surface area contributed by atoms with Crippen molar-refractivity contribution in [3.63, 3.8) is 0 Å². The molecule has 0 unspecified atom stereocenters. The third-order valence-corrected chi connectivity index (χ3v) is 4.07. The maximum atomic E-state index is 12.8. The minimum atomic E-state index is -0.520. The quantitative estimate of drug-likeness (QED) is 0.500. The average Bonchev–Trinajstić information content (AvgIpc) is 2.73. The molecule has 0 aliphatic rings. The van der Waals surface area contributed by atoms with Crippen molar-refractivity contribution < 1.29 is 24.2 Å². The molecular formula is C21H18N2O5. The number of aromatic nitrogens is 1. The highest BCUT2D eigenvalue weighted by Crippen LogP contribution is 2.30. The van der Waals surface area contributed by atoms with Crippen molar-refractivity contribution in [1.82, 2.24) is 4.98 Å². The van der Waals surface area contributed by atoms with Crippen LogP contribution < -0.4 is 10.1 Å². The van der Waals surface area contributed by atoms with Gasteiger partial charge < -0.3 is 19.9 Å². The second kappa shape index (κ2) is 8.22. The number of carbonyl (C=O) groups is 2. The molecule has 0 radical (unpaired) electrons. The van der Waals surface area contributed by atoms with Gasteiger partial charge in [0.2, 0.25) is 0 Å². The predicted octanol–water partition coefficient (Wildman–Crippen LogP) is 3.56. The van der Waals surface area contributed by atoms with Gasteiger partial charge in [0.25, 0.3) is 0 Å². The fraction of sp³-hybridized carbons (Fsp3) is 0.0952. The van der Waals surface area contributed by atoms with Crippen molar-refractivity contribution >= 4 is 23.3 Å². The summed E-state index contributed by atoms with van der Waals surface area (Å²) in [6.07, 6.45) is 1.54. The van der Waals surface area contributed by atoms with Gasteiger partial charge in [-0.25, -0.2) is 9.78 Å². The molecule has 0 saturated carbocycles. The molecule has 0 atom stereocenters. The monoisotopic (exact) mass is 378 g/mol. The highest BCUT2D eigenvalue weighted by atomic mass is 16.5. The van der Waals surface area contributed by atoms with Crippen molar-refractivity contribution in [2.45, 2.75) is 0 Å². The van der Waals surface area contributed by atoms with E-state index in [-0.39, 0.29) is 22.7 Å². The number of aromatic hydroxyl groups is 1. The number of carbonyl (C=O) groups excluding carboxylic acids is 2. The largest absolute Gasteiger partial charge is 0.507 e. The Morgan fingerprint density at radius 3 is 2.43 bits per heavy atom. The Hall–Kier alpha value is -3.87. The first-order valence-electron chi connectivity index (χ1n) is 8.36. The molecule has 1 aromatic heterocycles. The molecule has 0 aliphatic carbocycles. The van der Waals surface area contributed by atoms with Gasteiger partial charge in [-0.3, -0.25) is 4.79 Å². The lowest BCUT2D eigenvalue weighted by Crippen LogP contribution is -2.08. The van der Waals surface area contributed by atoms with Crippen molar-refractivity contribution in [2.75, 3.05) is 19.5 Å². The van der Waals surface area contributed by atoms with Gasteiger partial charge in [-0.05, 0) is 36.4 Å². The number of phenolic OH excluding ortho intramolecular Hbond substituents is 1. The average molecular weight is 378 g/mol. The molecule has 3 rings (SSSR count). The lowest BCUT2D eigenvalue weighted by Gasteiger charge is -2.13. The number of para-hydroxylation sites is 1. The van der Waals surface area contributed by atoms with Gasteiger partial charge in [-0.15, -0.1) is 0 Å². The standard InChI is InChI=1S/C21H18N2O5/c1-27-18-12-13(23-20-16(21(26)28-2)7-5-11-22-20)9-10-15(18)19(25)14-6-3-4-8-17(14)24/h3-12,24H,1-2H3,(H,22,23). The minimum Gasteiger partial charge on any atom is -0.507 e. The van der Waals surface area contributed by atoms with Crippen molar-refractivity contribution in [3.05, 3.63) is 77.5 Å². The number of methoxy groups -OCH3 is 2. The summed E-state index contributed by atoms with van der Waals surface area (Å²) in [5, 5.41) is 13.0. The van der Waals surface area contributed by atoms with Gasteiger partial charge in [0, 0.05) is 18.0 Å². The Morgan fingerprint density at radius 2 is 1.71 bits per heavy atom. The first-order chi connectivity index (χ1) is 13.5. The Labute approximate surface area is 161 Å². The summed E-state index contributed by atoms with van der Waals surface area (Å²) in [5.74, 6) is -0.360. The van der Waals surface area contributed by atoms with E-state index in [2.05, 4.69) is 10.3 Å². The lowest BCUT2D eigenvalue weighted by molar-refractivity contribution is 0.0601. The fourth-order valence-electron chi connectivity index (χ4n) is 2.68. The Bertz CT molecular complexity index is 1030. The van der Waals surface area contributed by atoms with Gasteiger partial charge in [0.05, 0.1) is 25.3 Å². The molecular weight excluding hydrogens is 360 g/mol. The normalized spacial score (nSPS) is 10.2. The zero-order valence-electron chi connectivity index (χ0n) is 15.3. The molecule has 7 heteroatoms. The number of phenols is 1. The van der Waals surface area contributed by atoms with Gasteiger partial charge in [-0.2, -0.15) is 0 Å². The molecule has 3 aromatic rings. The molecule has 1 heterocycles. The number of nitrogens with one attached hydrogen (secondary N) is 1. The van der Waals surface area contributed by atoms with Crippen LogP contribution in [-0.4, -0.2) is 36.1 Å². The summed E-state index contributed by atoms with van der Waals surface area (Å²) in [5.41, 5.74) is 1.32. The van der Waals surface area contributed by atoms with Crippen LogP contribution >= 0.6 is 0 Å². The second-order valence-electron chi connectivity index (χ2n) is 5.78. The van der Waals surface area contributed by atoms with Crippen LogP contribution in [0.2, 0.25) is 0 Å². The molecule has 2 N–H and O–H groups in total. The Kier molecular flexibility index (Phi) is 5.55. The second-order valence-corrected chi connectivity index (χ2v) is 5.78. The summed E-state index contributed by atoms with van der Waals surface area (Å²) < 4.78 is 10.1. The van der Waals surface area contributed by atoms with E-state index in [9.17, 15) is 14.7 Å². The number of hydrogen-bond acceptors (Lipinski definition) is 7. The highest BCUT2D eigenvalue weighted by molar-refractivity contribution is 6.12. The number of ether oxygens (including phenoxy) is 2. The van der Waals surface area contributed by atoms with Crippen molar-refractivity contribution in [3.8, 4) is 11.5 Å². The number of rotatable bonds is 6. The maximum absolute atomic E-state index is 12.8. The first kappa shape index (κ1) is 18.9. The van der Waals surface area contributed by atoms with E-state index in [1.165, 1.54) is 20.3 Å². The topological polar surface area (TPSA) is 97.8 Å². The molecule has 0 aliphatic heterocycles. The molecule has 7 nitrogen and oxygen atoms in total. The van der Waals surface area contributed by atoms with E-state index < -0.39 is 5.97 Å². The number of ketones is 1. The van der Waals surface area contributed by atoms with Crippen LogP contribution in [0, 0.1) is 0 Å². The fourth-order valence-corrected chi connectivity index (χ4v) is 2.68. The van der Waals surface area contributed by atoms with E-state index in [0.29, 0.717) is 22.8 Å². The van der Waals surface area contributed by atoms with Crippen LogP contribution in [0.5, 0.6) is 11.5 Å². The van der Waals surface area contributed by atoms with E-state index in [1.807, 2.05) is 0 Å². The van der Waals surface area contributed by atoms with Crippen molar-refractivity contribution in [2.24, 2.45) is 0 Å². The first-order valence-corrected chi connectivity index (χ1v) is 8.36. The van der Waals surface area contributed by atoms with Crippen LogP contribution in [0.15, 0.2) is 60.8 Å². The molecule has 0 spiro atoms.